The van der Waals surface area contributed by atoms with Crippen molar-refractivity contribution in [1.82, 2.24) is 18.7 Å². The molecule has 0 N–H and O–H groups in total. The molecule has 3 aliphatic rings. The SMILES string of the molecule is CCCCN(CC)[P+](N1CCOCC1)(N1CCOCC1)N1CCOCC1.[Cl-]. The van der Waals surface area contributed by atoms with Crippen molar-refractivity contribution >= 4 is 7.87 Å². The predicted octanol–water partition coefficient (Wildman–Crippen LogP) is -1.21. The smallest absolute Gasteiger partial charge is 0.309 e. The molecule has 0 aliphatic carbocycles. The summed E-state index contributed by atoms with van der Waals surface area (Å²) in [4.78, 5) is 0. The number of hydrogen-bond donors (Lipinski definition) is 0. The van der Waals surface area contributed by atoms with E-state index in [9.17, 15) is 0 Å². The Balaban J connectivity index is 0.00000261. The van der Waals surface area contributed by atoms with Crippen LogP contribution in [0.5, 0.6) is 0 Å². The minimum Gasteiger partial charge on any atom is -1.00 e. The topological polar surface area (TPSA) is 40.7 Å². The monoisotopic (exact) mass is 424 g/mol. The van der Waals surface area contributed by atoms with E-state index in [0.29, 0.717) is 0 Å². The summed E-state index contributed by atoms with van der Waals surface area (Å²) in [5.74, 6) is 0. The number of nitrogens with zero attached hydrogens (tertiary/aromatic N) is 4. The maximum atomic E-state index is 5.74. The Bertz CT molecular complexity index is 361. The molecule has 3 fully saturated rings. The van der Waals surface area contributed by atoms with Crippen LogP contribution in [-0.4, -0.2) is 111 Å². The summed E-state index contributed by atoms with van der Waals surface area (Å²) in [5.41, 5.74) is 0. The van der Waals surface area contributed by atoms with Gasteiger partial charge in [0, 0.05) is 13.1 Å². The van der Waals surface area contributed by atoms with Gasteiger partial charge in [0.2, 0.25) is 0 Å². The Morgan fingerprint density at radius 2 is 1.07 bits per heavy atom. The Hall–Kier alpha value is 0.440. The van der Waals surface area contributed by atoms with Gasteiger partial charge >= 0.3 is 7.87 Å². The Morgan fingerprint density at radius 1 is 0.704 bits per heavy atom. The molecule has 27 heavy (non-hydrogen) atoms. The quantitative estimate of drug-likeness (QED) is 0.453. The molecule has 0 spiro atoms. The van der Waals surface area contributed by atoms with Crippen molar-refractivity contribution in [2.45, 2.75) is 26.7 Å². The van der Waals surface area contributed by atoms with Crippen LogP contribution >= 0.6 is 7.87 Å². The first-order valence-corrected chi connectivity index (χ1v) is 12.1. The molecule has 7 nitrogen and oxygen atoms in total. The number of morpholine rings is 3. The van der Waals surface area contributed by atoms with E-state index in [1.807, 2.05) is 0 Å². The van der Waals surface area contributed by atoms with Gasteiger partial charge in [0.1, 0.15) is 0 Å². The third kappa shape index (κ3) is 5.33. The Kier molecular flexibility index (Phi) is 10.7. The molecule has 0 amide bonds. The van der Waals surface area contributed by atoms with Crippen LogP contribution in [-0.2, 0) is 14.2 Å². The largest absolute Gasteiger partial charge is 1.00 e. The first-order chi connectivity index (χ1) is 12.8. The lowest BCUT2D eigenvalue weighted by Crippen LogP contribution is -3.00. The summed E-state index contributed by atoms with van der Waals surface area (Å²) in [7, 11) is -1.77. The van der Waals surface area contributed by atoms with Gasteiger partial charge in [-0.05, 0) is 13.3 Å². The van der Waals surface area contributed by atoms with Gasteiger partial charge in [-0.2, -0.15) is 0 Å². The molecule has 3 saturated heterocycles. The van der Waals surface area contributed by atoms with Crippen molar-refractivity contribution in [2.24, 2.45) is 0 Å². The Morgan fingerprint density at radius 3 is 1.37 bits per heavy atom. The van der Waals surface area contributed by atoms with Gasteiger partial charge in [-0.3, -0.25) is 0 Å². The standard InChI is InChI=1S/C18H38N4O3P.ClH/c1-3-5-6-19(4-2)26(20-7-13-23-14-8-20,21-9-15-24-16-10-21)22-11-17-25-18-12-22;/h3-18H2,1-2H3;1H/q+1;/p-1. The van der Waals surface area contributed by atoms with Gasteiger partial charge in [-0.15, -0.1) is 18.7 Å². The van der Waals surface area contributed by atoms with Gasteiger partial charge in [-0.25, -0.2) is 0 Å². The second-order valence-electron chi connectivity index (χ2n) is 7.13. The molecular formula is C18H38ClN4O3P. The van der Waals surface area contributed by atoms with E-state index < -0.39 is 7.87 Å². The van der Waals surface area contributed by atoms with Crippen molar-refractivity contribution < 1.29 is 26.6 Å². The first-order valence-electron chi connectivity index (χ1n) is 10.5. The lowest BCUT2D eigenvalue weighted by molar-refractivity contribution is -0.00000848. The average Bonchev–Trinajstić information content (AvgIpc) is 2.73. The van der Waals surface area contributed by atoms with Crippen LogP contribution in [0.4, 0.5) is 0 Å². The summed E-state index contributed by atoms with van der Waals surface area (Å²) in [6.45, 7) is 18.2. The lowest BCUT2D eigenvalue weighted by atomic mass is 10.3. The maximum absolute atomic E-state index is 5.74. The molecule has 0 radical (unpaired) electrons. The third-order valence-electron chi connectivity index (χ3n) is 5.62. The second-order valence-corrected chi connectivity index (χ2v) is 10.5. The van der Waals surface area contributed by atoms with Gasteiger partial charge in [0.25, 0.3) is 0 Å². The average molecular weight is 425 g/mol. The van der Waals surface area contributed by atoms with Crippen LogP contribution in [0.25, 0.3) is 0 Å². The van der Waals surface area contributed by atoms with Gasteiger partial charge in [0.15, 0.2) is 0 Å². The molecule has 0 atom stereocenters. The molecule has 160 valence electrons. The second kappa shape index (κ2) is 12.2. The maximum Gasteiger partial charge on any atom is 0.309 e. The minimum absolute atomic E-state index is 0. The molecule has 0 bridgehead atoms. The van der Waals surface area contributed by atoms with Gasteiger partial charge in [-0.1, -0.05) is 13.3 Å². The summed E-state index contributed by atoms with van der Waals surface area (Å²) in [6.07, 6.45) is 2.50. The van der Waals surface area contributed by atoms with Crippen LogP contribution in [0.15, 0.2) is 0 Å². The fourth-order valence-electron chi connectivity index (χ4n) is 4.36. The summed E-state index contributed by atoms with van der Waals surface area (Å²) in [6, 6.07) is 0. The summed E-state index contributed by atoms with van der Waals surface area (Å²) in [5, 5.41) is 0. The molecule has 3 heterocycles. The fraction of sp³-hybridized carbons (Fsp3) is 1.00. The van der Waals surface area contributed by atoms with Crippen LogP contribution in [0.3, 0.4) is 0 Å². The summed E-state index contributed by atoms with van der Waals surface area (Å²) < 4.78 is 28.4. The van der Waals surface area contributed by atoms with Crippen LogP contribution in [0.1, 0.15) is 26.7 Å². The number of halogens is 1. The van der Waals surface area contributed by atoms with Crippen molar-refractivity contribution in [3.63, 3.8) is 0 Å². The zero-order valence-corrected chi connectivity index (χ0v) is 18.8. The highest BCUT2D eigenvalue weighted by atomic mass is 35.5. The molecule has 0 aromatic carbocycles. The zero-order valence-electron chi connectivity index (χ0n) is 17.2. The fourth-order valence-corrected chi connectivity index (χ4v) is 9.40. The number of hydrogen-bond acceptors (Lipinski definition) is 7. The normalized spacial score (nSPS) is 24.1. The van der Waals surface area contributed by atoms with E-state index in [2.05, 4.69) is 32.5 Å². The van der Waals surface area contributed by atoms with Crippen molar-refractivity contribution in [2.75, 3.05) is 92.0 Å². The van der Waals surface area contributed by atoms with E-state index in [1.54, 1.807) is 0 Å². The van der Waals surface area contributed by atoms with Crippen molar-refractivity contribution in [3.8, 4) is 0 Å². The van der Waals surface area contributed by atoms with Crippen LogP contribution in [0, 0.1) is 0 Å². The van der Waals surface area contributed by atoms with Crippen LogP contribution < -0.4 is 12.4 Å². The highest BCUT2D eigenvalue weighted by molar-refractivity contribution is 7.66. The van der Waals surface area contributed by atoms with Crippen LogP contribution in [0.2, 0.25) is 0 Å². The molecule has 0 unspecified atom stereocenters. The van der Waals surface area contributed by atoms with E-state index in [-0.39, 0.29) is 12.4 Å². The van der Waals surface area contributed by atoms with Crippen molar-refractivity contribution in [1.29, 1.82) is 0 Å². The Labute approximate surface area is 172 Å². The number of rotatable bonds is 8. The van der Waals surface area contributed by atoms with Gasteiger partial charge in [0.05, 0.1) is 78.9 Å². The van der Waals surface area contributed by atoms with E-state index in [1.165, 1.54) is 19.4 Å². The number of unbranched alkanes of at least 4 members (excludes halogenated alkanes) is 1. The van der Waals surface area contributed by atoms with Crippen molar-refractivity contribution in [3.05, 3.63) is 0 Å². The lowest BCUT2D eigenvalue weighted by Gasteiger charge is -2.53. The molecular weight excluding hydrogens is 387 g/mol. The molecule has 3 aliphatic heterocycles. The highest BCUT2D eigenvalue weighted by Gasteiger charge is 2.61. The molecule has 3 rings (SSSR count). The first kappa shape index (κ1) is 23.7. The zero-order chi connectivity index (χ0) is 18.2. The highest BCUT2D eigenvalue weighted by Crippen LogP contribution is 2.70. The van der Waals surface area contributed by atoms with E-state index in [4.69, 9.17) is 14.2 Å². The van der Waals surface area contributed by atoms with E-state index in [0.717, 1.165) is 85.5 Å². The molecule has 0 aromatic heterocycles. The predicted molar refractivity (Wildman–Crippen MR) is 106 cm³/mol. The summed E-state index contributed by atoms with van der Waals surface area (Å²) >= 11 is 0. The molecule has 0 saturated carbocycles. The third-order valence-corrected chi connectivity index (χ3v) is 10.3. The molecule has 0 aromatic rings. The van der Waals surface area contributed by atoms with E-state index >= 15 is 0 Å². The van der Waals surface area contributed by atoms with Gasteiger partial charge < -0.3 is 26.6 Å². The minimum atomic E-state index is -1.77. The molecule has 9 heteroatoms. The number of ether oxygens (including phenoxy) is 3.